The minimum absolute atomic E-state index is 0.596. The lowest BCUT2D eigenvalue weighted by molar-refractivity contribution is 0.199. The maximum atomic E-state index is 6.01. The SMILES string of the molecule is CCN1CCN(c2ccccc2CCl)CC1C. The fourth-order valence-corrected chi connectivity index (χ4v) is 2.84. The van der Waals surface area contributed by atoms with Crippen LogP contribution in [0.25, 0.3) is 0 Å². The summed E-state index contributed by atoms with van der Waals surface area (Å²) in [6.07, 6.45) is 0. The minimum Gasteiger partial charge on any atom is -0.368 e. The maximum Gasteiger partial charge on any atom is 0.0494 e. The number of piperazine rings is 1. The highest BCUT2D eigenvalue weighted by Gasteiger charge is 2.23. The van der Waals surface area contributed by atoms with E-state index in [9.17, 15) is 0 Å². The van der Waals surface area contributed by atoms with Crippen molar-refractivity contribution in [1.29, 1.82) is 0 Å². The number of para-hydroxylation sites is 1. The zero-order chi connectivity index (χ0) is 12.3. The molecule has 1 heterocycles. The molecule has 1 aromatic carbocycles. The Balaban J connectivity index is 2.13. The third-order valence-corrected chi connectivity index (χ3v) is 3.94. The van der Waals surface area contributed by atoms with E-state index in [1.165, 1.54) is 11.3 Å². The van der Waals surface area contributed by atoms with Gasteiger partial charge in [-0.2, -0.15) is 0 Å². The largest absolute Gasteiger partial charge is 0.368 e. The Morgan fingerprint density at radius 2 is 2.06 bits per heavy atom. The molecule has 0 aliphatic carbocycles. The molecule has 1 unspecified atom stereocenters. The van der Waals surface area contributed by atoms with Crippen LogP contribution >= 0.6 is 11.6 Å². The van der Waals surface area contributed by atoms with Crippen molar-refractivity contribution < 1.29 is 0 Å². The van der Waals surface area contributed by atoms with Crippen LogP contribution in [0.1, 0.15) is 19.4 Å². The van der Waals surface area contributed by atoms with Crippen LogP contribution in [0.4, 0.5) is 5.69 Å². The van der Waals surface area contributed by atoms with Gasteiger partial charge < -0.3 is 4.90 Å². The Kier molecular flexibility index (Phi) is 4.30. The van der Waals surface area contributed by atoms with Gasteiger partial charge in [-0.15, -0.1) is 11.6 Å². The first-order valence-electron chi connectivity index (χ1n) is 6.39. The average molecular weight is 253 g/mol. The normalized spacial score (nSPS) is 21.8. The van der Waals surface area contributed by atoms with E-state index < -0.39 is 0 Å². The molecular formula is C14H21ClN2. The van der Waals surface area contributed by atoms with Crippen molar-refractivity contribution in [1.82, 2.24) is 4.90 Å². The summed E-state index contributed by atoms with van der Waals surface area (Å²) < 4.78 is 0. The number of halogens is 1. The van der Waals surface area contributed by atoms with E-state index in [1.54, 1.807) is 0 Å². The first kappa shape index (κ1) is 12.7. The van der Waals surface area contributed by atoms with Gasteiger partial charge in [0.15, 0.2) is 0 Å². The Bertz CT molecular complexity index is 367. The molecule has 0 N–H and O–H groups in total. The Labute approximate surface area is 109 Å². The number of anilines is 1. The second kappa shape index (κ2) is 5.74. The predicted octanol–water partition coefficient (Wildman–Crippen LogP) is 2.96. The number of benzene rings is 1. The van der Waals surface area contributed by atoms with E-state index in [4.69, 9.17) is 11.6 Å². The van der Waals surface area contributed by atoms with Gasteiger partial charge in [0.25, 0.3) is 0 Å². The quantitative estimate of drug-likeness (QED) is 0.764. The second-order valence-corrected chi connectivity index (χ2v) is 4.95. The molecule has 2 nitrogen and oxygen atoms in total. The van der Waals surface area contributed by atoms with Gasteiger partial charge >= 0.3 is 0 Å². The average Bonchev–Trinajstić information content (AvgIpc) is 2.38. The van der Waals surface area contributed by atoms with Crippen LogP contribution in [0, 0.1) is 0 Å². The fraction of sp³-hybridized carbons (Fsp3) is 0.571. The molecule has 17 heavy (non-hydrogen) atoms. The summed E-state index contributed by atoms with van der Waals surface area (Å²) in [7, 11) is 0. The zero-order valence-corrected chi connectivity index (χ0v) is 11.5. The van der Waals surface area contributed by atoms with Gasteiger partial charge in [-0.3, -0.25) is 4.90 Å². The van der Waals surface area contributed by atoms with Gasteiger partial charge in [0.1, 0.15) is 0 Å². The van der Waals surface area contributed by atoms with Gasteiger partial charge in [-0.25, -0.2) is 0 Å². The fourth-order valence-electron chi connectivity index (χ4n) is 2.62. The molecule has 1 saturated heterocycles. The molecule has 0 saturated carbocycles. The molecule has 0 amide bonds. The van der Waals surface area contributed by atoms with Crippen LogP contribution in [-0.2, 0) is 5.88 Å². The molecule has 0 bridgehead atoms. The van der Waals surface area contributed by atoms with Crippen molar-refractivity contribution in [2.24, 2.45) is 0 Å². The van der Waals surface area contributed by atoms with Crippen molar-refractivity contribution in [3.8, 4) is 0 Å². The van der Waals surface area contributed by atoms with Crippen LogP contribution in [0.2, 0.25) is 0 Å². The molecular weight excluding hydrogens is 232 g/mol. The summed E-state index contributed by atoms with van der Waals surface area (Å²) in [4.78, 5) is 4.99. The lowest BCUT2D eigenvalue weighted by atomic mass is 10.1. The van der Waals surface area contributed by atoms with Crippen LogP contribution in [0.15, 0.2) is 24.3 Å². The van der Waals surface area contributed by atoms with Gasteiger partial charge in [-0.05, 0) is 25.1 Å². The maximum absolute atomic E-state index is 6.01. The van der Waals surface area contributed by atoms with Gasteiger partial charge in [-0.1, -0.05) is 25.1 Å². The number of alkyl halides is 1. The first-order chi connectivity index (χ1) is 8.26. The van der Waals surface area contributed by atoms with E-state index in [1.807, 2.05) is 0 Å². The summed E-state index contributed by atoms with van der Waals surface area (Å²) in [5.41, 5.74) is 2.55. The van der Waals surface area contributed by atoms with Gasteiger partial charge in [0.05, 0.1) is 0 Å². The van der Waals surface area contributed by atoms with Crippen molar-refractivity contribution in [2.45, 2.75) is 25.8 Å². The third kappa shape index (κ3) is 2.75. The Morgan fingerprint density at radius 1 is 1.29 bits per heavy atom. The number of rotatable bonds is 3. The molecule has 3 heteroatoms. The van der Waals surface area contributed by atoms with E-state index in [0.717, 1.165) is 26.2 Å². The number of nitrogens with zero attached hydrogens (tertiary/aromatic N) is 2. The van der Waals surface area contributed by atoms with Crippen LogP contribution in [0.3, 0.4) is 0 Å². The summed E-state index contributed by atoms with van der Waals surface area (Å²) in [5, 5.41) is 0. The Morgan fingerprint density at radius 3 is 2.71 bits per heavy atom. The molecule has 2 rings (SSSR count). The van der Waals surface area contributed by atoms with Crippen molar-refractivity contribution >= 4 is 17.3 Å². The van der Waals surface area contributed by atoms with Crippen molar-refractivity contribution in [2.75, 3.05) is 31.1 Å². The summed E-state index contributed by atoms with van der Waals surface area (Å²) in [6.45, 7) is 9.03. The second-order valence-electron chi connectivity index (χ2n) is 4.69. The monoisotopic (exact) mass is 252 g/mol. The smallest absolute Gasteiger partial charge is 0.0494 e. The van der Waals surface area contributed by atoms with Crippen LogP contribution in [0.5, 0.6) is 0 Å². The standard InChI is InChI=1S/C14H21ClN2/c1-3-16-8-9-17(11-12(16)2)14-7-5-4-6-13(14)10-15/h4-7,12H,3,8-11H2,1-2H3. The summed E-state index contributed by atoms with van der Waals surface area (Å²) in [5.74, 6) is 0.596. The highest BCUT2D eigenvalue weighted by molar-refractivity contribution is 6.17. The van der Waals surface area contributed by atoms with Gasteiger partial charge in [0, 0.05) is 37.2 Å². The summed E-state index contributed by atoms with van der Waals surface area (Å²) in [6, 6.07) is 9.09. The van der Waals surface area contributed by atoms with E-state index in [-0.39, 0.29) is 0 Å². The molecule has 1 atom stereocenters. The molecule has 0 spiro atoms. The third-order valence-electron chi connectivity index (χ3n) is 3.65. The molecule has 0 aromatic heterocycles. The predicted molar refractivity (Wildman–Crippen MR) is 74.9 cm³/mol. The van der Waals surface area contributed by atoms with Crippen LogP contribution in [-0.4, -0.2) is 37.1 Å². The molecule has 1 aromatic rings. The van der Waals surface area contributed by atoms with Crippen molar-refractivity contribution in [3.05, 3.63) is 29.8 Å². The molecule has 1 aliphatic rings. The summed E-state index contributed by atoms with van der Waals surface area (Å²) >= 11 is 6.01. The molecule has 0 radical (unpaired) electrons. The minimum atomic E-state index is 0.596. The first-order valence-corrected chi connectivity index (χ1v) is 6.92. The molecule has 1 fully saturated rings. The molecule has 94 valence electrons. The zero-order valence-electron chi connectivity index (χ0n) is 10.7. The van der Waals surface area contributed by atoms with E-state index in [0.29, 0.717) is 11.9 Å². The van der Waals surface area contributed by atoms with Gasteiger partial charge in [0.2, 0.25) is 0 Å². The lowest BCUT2D eigenvalue weighted by Gasteiger charge is -2.41. The highest BCUT2D eigenvalue weighted by atomic mass is 35.5. The number of hydrogen-bond donors (Lipinski definition) is 0. The van der Waals surface area contributed by atoms with E-state index in [2.05, 4.69) is 47.9 Å². The number of likely N-dealkylation sites (N-methyl/N-ethyl adjacent to an activating group) is 1. The van der Waals surface area contributed by atoms with Crippen molar-refractivity contribution in [3.63, 3.8) is 0 Å². The van der Waals surface area contributed by atoms with Crippen LogP contribution < -0.4 is 4.90 Å². The topological polar surface area (TPSA) is 6.48 Å². The highest BCUT2D eigenvalue weighted by Crippen LogP contribution is 2.24. The van der Waals surface area contributed by atoms with E-state index >= 15 is 0 Å². The Hall–Kier alpha value is -0.730. The lowest BCUT2D eigenvalue weighted by Crippen LogP contribution is -2.51. The molecule has 1 aliphatic heterocycles. The number of hydrogen-bond acceptors (Lipinski definition) is 2.